The largest absolute Gasteiger partial charge is 4.00 e. The molecule has 0 aromatic heterocycles. The van der Waals surface area contributed by atoms with Gasteiger partial charge in [0.2, 0.25) is 0 Å². The molecule has 0 amide bonds. The summed E-state index contributed by atoms with van der Waals surface area (Å²) in [5.74, 6) is 0.182. The van der Waals surface area contributed by atoms with E-state index in [-0.39, 0.29) is 59.9 Å². The van der Waals surface area contributed by atoms with Gasteiger partial charge in [0.1, 0.15) is 0 Å². The van der Waals surface area contributed by atoms with Crippen LogP contribution < -0.4 is 20.4 Å². The van der Waals surface area contributed by atoms with Crippen LogP contribution in [0.25, 0.3) is 0 Å². The molecule has 4 aromatic rings. The molecule has 47 heavy (non-hydrogen) atoms. The van der Waals surface area contributed by atoms with E-state index in [1.165, 1.54) is 0 Å². The molecule has 0 bridgehead atoms. The van der Waals surface area contributed by atoms with Crippen molar-refractivity contribution in [3.05, 3.63) is 115 Å². The predicted molar refractivity (Wildman–Crippen MR) is 199 cm³/mol. The molecule has 0 aliphatic carbocycles. The van der Waals surface area contributed by atoms with Crippen molar-refractivity contribution in [1.82, 2.24) is 0 Å². The number of hydrogen-bond donors (Lipinski definition) is 0. The van der Waals surface area contributed by atoms with Crippen molar-refractivity contribution in [3.63, 3.8) is 0 Å². The first-order valence-electron chi connectivity index (χ1n) is 15.8. The van der Waals surface area contributed by atoms with Crippen LogP contribution in [0, 0.1) is 55.4 Å². The van der Waals surface area contributed by atoms with Gasteiger partial charge in [-0.1, -0.05) is 115 Å². The number of benzene rings is 4. The summed E-state index contributed by atoms with van der Waals surface area (Å²) in [7, 11) is 0.241. The minimum Gasteiger partial charge on any atom is -0.872 e. The van der Waals surface area contributed by atoms with Crippen LogP contribution in [0.4, 0.5) is 0 Å². The Bertz CT molecular complexity index is 1360. The van der Waals surface area contributed by atoms with Crippen molar-refractivity contribution in [2.45, 2.75) is 68.2 Å². The molecule has 0 saturated heterocycles. The summed E-state index contributed by atoms with van der Waals surface area (Å²) < 4.78 is 0. The van der Waals surface area contributed by atoms with Gasteiger partial charge in [-0.05, 0) is 84.1 Å². The molecule has 4 aromatic carbocycles. The molecule has 4 nitrogen and oxygen atoms in total. The summed E-state index contributed by atoms with van der Waals surface area (Å²) in [4.78, 5) is 0. The van der Waals surface area contributed by atoms with Gasteiger partial charge in [0.05, 0.1) is 0 Å². The Balaban J connectivity index is 0.000000721. The van der Waals surface area contributed by atoms with E-state index >= 15 is 0 Å². The van der Waals surface area contributed by atoms with E-state index < -0.39 is 0 Å². The van der Waals surface area contributed by atoms with E-state index in [4.69, 9.17) is 0 Å². The molecular weight excluding hydrogens is 702 g/mol. The van der Waals surface area contributed by atoms with Gasteiger partial charge in [-0.15, -0.1) is 23.0 Å². The summed E-state index contributed by atoms with van der Waals surface area (Å²) in [6.07, 6.45) is 0.839. The maximum atomic E-state index is 12.1. The van der Waals surface area contributed by atoms with Gasteiger partial charge < -0.3 is 20.4 Å². The molecule has 0 fully saturated rings. The molecule has 0 heterocycles. The second-order valence-electron chi connectivity index (χ2n) is 13.6. The Morgan fingerprint density at radius 2 is 0.511 bits per heavy atom. The minimum absolute atomic E-state index is 0. The molecule has 0 unspecified atom stereocenters. The quantitative estimate of drug-likeness (QED) is 0.159. The molecule has 0 saturated carbocycles. The second kappa shape index (κ2) is 20.9. The normalized spacial score (nSPS) is 10.2. The monoisotopic (exact) mass is 760 g/mol. The standard InChI is InChI=1S/2C17H20O2.2C3H9P.Mo/c2*1-10-5-12(3)16(18)14(7-10)9-15-8-11(2)6-13(4)17(15)19;2*1-4(2)3;/h2*5-8,18-19H,9H2,1-4H3;2*1-3H3;/q;;;;+4/p-2. The molecule has 254 valence electrons. The Morgan fingerprint density at radius 3 is 0.660 bits per heavy atom. The van der Waals surface area contributed by atoms with Crippen LogP contribution in [0.3, 0.4) is 0 Å². The summed E-state index contributed by atoms with van der Waals surface area (Å²) in [5.41, 5.74) is 10.0. The number of rotatable bonds is 4. The van der Waals surface area contributed by atoms with Crippen LogP contribution in [0.15, 0.2) is 48.5 Å². The molecule has 0 radical (unpaired) electrons. The van der Waals surface area contributed by atoms with Gasteiger partial charge in [-0.25, -0.2) is 0 Å². The first kappa shape index (κ1) is 44.6. The van der Waals surface area contributed by atoms with Crippen LogP contribution in [-0.4, -0.2) is 40.0 Å². The summed E-state index contributed by atoms with van der Waals surface area (Å²) in [6, 6.07) is 15.0. The first-order valence-corrected chi connectivity index (χ1v) is 21.8. The summed E-state index contributed by atoms with van der Waals surface area (Å²) in [6.45, 7) is 28.8. The predicted octanol–water partition coefficient (Wildman–Crippen LogP) is 7.49. The van der Waals surface area contributed by atoms with Crippen molar-refractivity contribution in [1.29, 1.82) is 0 Å². The van der Waals surface area contributed by atoms with E-state index in [0.29, 0.717) is 35.1 Å². The van der Waals surface area contributed by atoms with Gasteiger partial charge in [0.25, 0.3) is 0 Å². The molecule has 0 N–H and O–H groups in total. The molecule has 0 atom stereocenters. The van der Waals surface area contributed by atoms with E-state index in [2.05, 4.69) is 40.0 Å². The van der Waals surface area contributed by atoms with Gasteiger partial charge in [-0.3, -0.25) is 0 Å². The molecule has 4 rings (SSSR count). The van der Waals surface area contributed by atoms with Gasteiger partial charge >= 0.3 is 21.1 Å². The third kappa shape index (κ3) is 15.6. The number of hydrogen-bond acceptors (Lipinski definition) is 4. The zero-order chi connectivity index (χ0) is 35.5. The van der Waals surface area contributed by atoms with Crippen molar-refractivity contribution in [3.8, 4) is 23.0 Å². The van der Waals surface area contributed by atoms with Crippen LogP contribution in [0.5, 0.6) is 23.0 Å². The fraction of sp³-hybridized carbons (Fsp3) is 0.400. The van der Waals surface area contributed by atoms with Crippen molar-refractivity contribution in [2.24, 2.45) is 0 Å². The second-order valence-corrected chi connectivity index (χ2v) is 19.6. The molecule has 0 aliphatic rings. The van der Waals surface area contributed by atoms with E-state index in [0.717, 1.165) is 44.5 Å². The Labute approximate surface area is 302 Å². The van der Waals surface area contributed by atoms with Crippen molar-refractivity contribution < 1.29 is 41.5 Å². The van der Waals surface area contributed by atoms with E-state index in [1.807, 2.05) is 104 Å². The smallest absolute Gasteiger partial charge is 0.872 e. The van der Waals surface area contributed by atoms with E-state index in [9.17, 15) is 20.4 Å². The third-order valence-corrected chi connectivity index (χ3v) is 6.75. The molecule has 7 heteroatoms. The zero-order valence-electron chi connectivity index (χ0n) is 31.1. The van der Waals surface area contributed by atoms with Crippen molar-refractivity contribution in [2.75, 3.05) is 40.0 Å². The Hall–Kier alpha value is -2.37. The van der Waals surface area contributed by atoms with Crippen LogP contribution in [-0.2, 0) is 33.9 Å². The fourth-order valence-electron chi connectivity index (χ4n) is 5.10. The fourth-order valence-corrected chi connectivity index (χ4v) is 5.10. The SMILES string of the molecule is C[PH+](C)C.C[PH+](C)C.Cc1cc(C)c([O-])c(Cc2cc(C)cc(C)c2[O-])c1.Cc1cc(C)c([O-])c(Cc2cc(C)cc(C)c2[O-])c1.[Mo+4]. The first-order chi connectivity index (χ1) is 21.2. The Morgan fingerprint density at radius 1 is 0.362 bits per heavy atom. The van der Waals surface area contributed by atoms with Gasteiger partial charge in [0.15, 0.2) is 0 Å². The zero-order valence-corrected chi connectivity index (χ0v) is 35.1. The molecule has 0 spiro atoms. The minimum atomic E-state index is 0. The molecular formula is C40H56MoO4P2+2. The summed E-state index contributed by atoms with van der Waals surface area (Å²) >= 11 is 0. The Kier molecular flexibility index (Phi) is 19.8. The van der Waals surface area contributed by atoms with E-state index in [1.54, 1.807) is 0 Å². The third-order valence-electron chi connectivity index (χ3n) is 6.75. The van der Waals surface area contributed by atoms with Crippen molar-refractivity contribution >= 4 is 15.8 Å². The maximum Gasteiger partial charge on any atom is 4.00 e. The van der Waals surface area contributed by atoms with Gasteiger partial charge in [-0.2, -0.15) is 0 Å². The molecule has 0 aliphatic heterocycles. The van der Waals surface area contributed by atoms with Crippen LogP contribution in [0.2, 0.25) is 0 Å². The van der Waals surface area contributed by atoms with Crippen LogP contribution >= 0.6 is 15.8 Å². The van der Waals surface area contributed by atoms with Crippen LogP contribution in [0.1, 0.15) is 66.8 Å². The maximum absolute atomic E-state index is 12.1. The van der Waals surface area contributed by atoms with Gasteiger partial charge in [0, 0.05) is 40.0 Å². The number of aryl methyl sites for hydroxylation is 8. The topological polar surface area (TPSA) is 92.2 Å². The average Bonchev–Trinajstić information content (AvgIpc) is 2.90. The summed E-state index contributed by atoms with van der Waals surface area (Å²) in [5, 5.41) is 48.4. The average molecular weight is 759 g/mol.